The number of hydrogen-bond donors (Lipinski definition) is 0. The Balaban J connectivity index is 2.87. The number of carbonyl (C=O) groups is 1. The molecule has 1 heteroatoms. The molecule has 0 radical (unpaired) electrons. The van der Waals surface area contributed by atoms with Crippen molar-refractivity contribution in [2.24, 2.45) is 0 Å². The molecule has 0 fully saturated rings. The Morgan fingerprint density at radius 2 is 1.86 bits per heavy atom. The fraction of sp³-hybridized carbons (Fsp3) is 0.462. The third-order valence-corrected chi connectivity index (χ3v) is 2.60. The largest absolute Gasteiger partial charge is 0.303 e. The summed E-state index contributed by atoms with van der Waals surface area (Å²) >= 11 is 0. The van der Waals surface area contributed by atoms with Crippen LogP contribution in [0.3, 0.4) is 0 Å². The van der Waals surface area contributed by atoms with Crippen molar-refractivity contribution in [3.05, 3.63) is 35.4 Å². The molecule has 14 heavy (non-hydrogen) atoms. The first-order valence-corrected chi connectivity index (χ1v) is 5.18. The summed E-state index contributed by atoms with van der Waals surface area (Å²) in [4.78, 5) is 10.4. The van der Waals surface area contributed by atoms with E-state index in [4.69, 9.17) is 0 Å². The van der Waals surface area contributed by atoms with Crippen LogP contribution in [-0.4, -0.2) is 6.29 Å². The van der Waals surface area contributed by atoms with Crippen molar-refractivity contribution >= 4 is 6.29 Å². The minimum Gasteiger partial charge on any atom is -0.303 e. The molecule has 0 saturated heterocycles. The monoisotopic (exact) mass is 190 g/mol. The molecule has 0 aliphatic rings. The first-order valence-electron chi connectivity index (χ1n) is 5.18. The highest BCUT2D eigenvalue weighted by atomic mass is 16.1. The SMILES string of the molecule is CC(C)c1cccc([C@@H](C)CC=O)c1. The molecular formula is C13H18O. The third kappa shape index (κ3) is 2.69. The van der Waals surface area contributed by atoms with E-state index in [1.165, 1.54) is 11.1 Å². The highest BCUT2D eigenvalue weighted by Gasteiger charge is 2.06. The Morgan fingerprint density at radius 1 is 1.21 bits per heavy atom. The molecule has 76 valence electrons. The zero-order valence-corrected chi connectivity index (χ0v) is 9.16. The number of benzene rings is 1. The van der Waals surface area contributed by atoms with Crippen LogP contribution in [0.5, 0.6) is 0 Å². The minimum absolute atomic E-state index is 0.339. The Labute approximate surface area is 86.1 Å². The molecule has 0 aliphatic carbocycles. The molecule has 1 aromatic rings. The van der Waals surface area contributed by atoms with E-state index in [0.717, 1.165) is 6.29 Å². The summed E-state index contributed by atoms with van der Waals surface area (Å²) in [5.74, 6) is 0.893. The second-order valence-electron chi connectivity index (χ2n) is 4.13. The smallest absolute Gasteiger partial charge is 0.120 e. The van der Waals surface area contributed by atoms with E-state index in [9.17, 15) is 4.79 Å². The van der Waals surface area contributed by atoms with E-state index in [0.29, 0.717) is 18.3 Å². The minimum atomic E-state index is 0.339. The first-order chi connectivity index (χ1) is 6.65. The lowest BCUT2D eigenvalue weighted by molar-refractivity contribution is -0.108. The van der Waals surface area contributed by atoms with Gasteiger partial charge >= 0.3 is 0 Å². The predicted molar refractivity (Wildman–Crippen MR) is 59.6 cm³/mol. The molecule has 0 unspecified atom stereocenters. The predicted octanol–water partition coefficient (Wildman–Crippen LogP) is 3.50. The van der Waals surface area contributed by atoms with Crippen molar-refractivity contribution in [2.45, 2.75) is 39.0 Å². The van der Waals surface area contributed by atoms with Crippen molar-refractivity contribution in [1.29, 1.82) is 0 Å². The molecule has 0 heterocycles. The van der Waals surface area contributed by atoms with E-state index in [1.54, 1.807) is 0 Å². The van der Waals surface area contributed by atoms with Crippen molar-refractivity contribution in [3.8, 4) is 0 Å². The fourth-order valence-electron chi connectivity index (χ4n) is 1.51. The van der Waals surface area contributed by atoms with Gasteiger partial charge in [0.25, 0.3) is 0 Å². The summed E-state index contributed by atoms with van der Waals surface area (Å²) < 4.78 is 0. The number of hydrogen-bond acceptors (Lipinski definition) is 1. The zero-order chi connectivity index (χ0) is 10.6. The van der Waals surface area contributed by atoms with Crippen LogP contribution < -0.4 is 0 Å². The molecule has 0 saturated carbocycles. The normalized spacial score (nSPS) is 12.9. The van der Waals surface area contributed by atoms with Gasteiger partial charge in [0.15, 0.2) is 0 Å². The van der Waals surface area contributed by atoms with Gasteiger partial charge < -0.3 is 4.79 Å². The Bertz CT molecular complexity index is 302. The average molecular weight is 190 g/mol. The summed E-state index contributed by atoms with van der Waals surface area (Å²) in [5.41, 5.74) is 2.61. The van der Waals surface area contributed by atoms with Gasteiger partial charge in [-0.05, 0) is 23.0 Å². The van der Waals surface area contributed by atoms with Gasteiger partial charge in [0.2, 0.25) is 0 Å². The lowest BCUT2D eigenvalue weighted by Crippen LogP contribution is -1.96. The van der Waals surface area contributed by atoms with E-state index in [-0.39, 0.29) is 0 Å². The standard InChI is InChI=1S/C13H18O/c1-10(2)12-5-4-6-13(9-12)11(3)7-8-14/h4-6,8-11H,7H2,1-3H3/t11-/m0/s1. The quantitative estimate of drug-likeness (QED) is 0.664. The summed E-state index contributed by atoms with van der Waals surface area (Å²) in [6.07, 6.45) is 1.61. The first kappa shape index (κ1) is 11.0. The molecular weight excluding hydrogens is 172 g/mol. The van der Waals surface area contributed by atoms with Crippen LogP contribution in [0.2, 0.25) is 0 Å². The van der Waals surface area contributed by atoms with Crippen LogP contribution >= 0.6 is 0 Å². The van der Waals surface area contributed by atoms with Crippen molar-refractivity contribution in [1.82, 2.24) is 0 Å². The Kier molecular flexibility index (Phi) is 3.87. The molecule has 0 aromatic heterocycles. The molecule has 0 aliphatic heterocycles. The van der Waals surface area contributed by atoms with E-state index in [1.807, 2.05) is 0 Å². The second kappa shape index (κ2) is 4.94. The average Bonchev–Trinajstić information content (AvgIpc) is 2.18. The molecule has 0 amide bonds. The molecule has 0 bridgehead atoms. The van der Waals surface area contributed by atoms with Crippen LogP contribution in [0.1, 0.15) is 50.2 Å². The third-order valence-electron chi connectivity index (χ3n) is 2.60. The summed E-state index contributed by atoms with van der Waals surface area (Å²) in [6, 6.07) is 8.52. The maximum absolute atomic E-state index is 10.4. The second-order valence-corrected chi connectivity index (χ2v) is 4.13. The van der Waals surface area contributed by atoms with E-state index in [2.05, 4.69) is 45.0 Å². The Hall–Kier alpha value is -1.11. The summed E-state index contributed by atoms with van der Waals surface area (Å²) in [5, 5.41) is 0. The highest BCUT2D eigenvalue weighted by molar-refractivity contribution is 5.51. The van der Waals surface area contributed by atoms with Crippen molar-refractivity contribution in [2.75, 3.05) is 0 Å². The Morgan fingerprint density at radius 3 is 2.43 bits per heavy atom. The van der Waals surface area contributed by atoms with Gasteiger partial charge in [-0.25, -0.2) is 0 Å². The molecule has 0 N–H and O–H groups in total. The molecule has 1 aromatic carbocycles. The van der Waals surface area contributed by atoms with Gasteiger partial charge in [0, 0.05) is 6.42 Å². The zero-order valence-electron chi connectivity index (χ0n) is 9.16. The lowest BCUT2D eigenvalue weighted by Gasteiger charge is -2.11. The topological polar surface area (TPSA) is 17.1 Å². The van der Waals surface area contributed by atoms with Crippen LogP contribution in [0, 0.1) is 0 Å². The van der Waals surface area contributed by atoms with Gasteiger partial charge in [-0.1, -0.05) is 45.0 Å². The number of carbonyl (C=O) groups excluding carboxylic acids is 1. The number of rotatable bonds is 4. The fourth-order valence-corrected chi connectivity index (χ4v) is 1.51. The highest BCUT2D eigenvalue weighted by Crippen LogP contribution is 2.22. The van der Waals surface area contributed by atoms with Gasteiger partial charge in [0.05, 0.1) is 0 Å². The van der Waals surface area contributed by atoms with Crippen molar-refractivity contribution in [3.63, 3.8) is 0 Å². The van der Waals surface area contributed by atoms with E-state index < -0.39 is 0 Å². The molecule has 1 atom stereocenters. The summed E-state index contributed by atoms with van der Waals surface area (Å²) in [6.45, 7) is 6.46. The van der Waals surface area contributed by atoms with E-state index >= 15 is 0 Å². The van der Waals surface area contributed by atoms with Crippen molar-refractivity contribution < 1.29 is 4.79 Å². The van der Waals surface area contributed by atoms with Crippen LogP contribution in [0.15, 0.2) is 24.3 Å². The van der Waals surface area contributed by atoms with Crippen LogP contribution in [0.4, 0.5) is 0 Å². The number of aldehydes is 1. The maximum atomic E-state index is 10.4. The van der Waals surface area contributed by atoms with Gasteiger partial charge in [-0.3, -0.25) is 0 Å². The van der Waals surface area contributed by atoms with Crippen LogP contribution in [0.25, 0.3) is 0 Å². The summed E-state index contributed by atoms with van der Waals surface area (Å²) in [7, 11) is 0. The van der Waals surface area contributed by atoms with Gasteiger partial charge in [-0.2, -0.15) is 0 Å². The van der Waals surface area contributed by atoms with Gasteiger partial charge in [-0.15, -0.1) is 0 Å². The maximum Gasteiger partial charge on any atom is 0.120 e. The van der Waals surface area contributed by atoms with Gasteiger partial charge in [0.1, 0.15) is 6.29 Å². The molecule has 0 spiro atoms. The molecule has 1 rings (SSSR count). The molecule has 1 nitrogen and oxygen atoms in total. The lowest BCUT2D eigenvalue weighted by atomic mass is 9.93. The van der Waals surface area contributed by atoms with Crippen LogP contribution in [-0.2, 0) is 4.79 Å².